The van der Waals surface area contributed by atoms with Crippen LogP contribution in [0.1, 0.15) is 35.2 Å². The van der Waals surface area contributed by atoms with E-state index in [4.69, 9.17) is 5.73 Å². The molecule has 2 aromatic rings. The van der Waals surface area contributed by atoms with Gasteiger partial charge in [0, 0.05) is 25.2 Å². The fourth-order valence-corrected chi connectivity index (χ4v) is 4.24. The molecule has 2 aliphatic rings. The maximum absolute atomic E-state index is 13.2. The zero-order chi connectivity index (χ0) is 19.0. The zero-order valence-electron chi connectivity index (χ0n) is 15.6. The standard InChI is InChI=1S/C22H25N3O2/c1-24-13-10-15(11-14-24)16-8-9-19(18-6-3-2-5-17(16)18)22(27)25-12-4-7-20(25)21(23)26/h2-3,5-6,8-10,20H,4,7,11-14H2,1H3,(H2,23,26)/t20-/m0/s1. The summed E-state index contributed by atoms with van der Waals surface area (Å²) in [6.45, 7) is 2.56. The third kappa shape index (κ3) is 3.23. The van der Waals surface area contributed by atoms with Gasteiger partial charge in [-0.3, -0.25) is 9.59 Å². The van der Waals surface area contributed by atoms with E-state index in [1.54, 1.807) is 4.90 Å². The van der Waals surface area contributed by atoms with Crippen molar-refractivity contribution in [2.75, 3.05) is 26.7 Å². The molecule has 0 aliphatic carbocycles. The summed E-state index contributed by atoms with van der Waals surface area (Å²) in [5.74, 6) is -0.519. The second kappa shape index (κ2) is 7.16. The van der Waals surface area contributed by atoms with E-state index < -0.39 is 11.9 Å². The number of rotatable bonds is 3. The number of likely N-dealkylation sites (tertiary alicyclic amines) is 1. The number of hydrogen-bond donors (Lipinski definition) is 1. The van der Waals surface area contributed by atoms with Crippen molar-refractivity contribution >= 4 is 28.2 Å². The Bertz CT molecular complexity index is 934. The van der Waals surface area contributed by atoms with E-state index >= 15 is 0 Å². The molecule has 2 aromatic carbocycles. The predicted octanol–water partition coefficient (Wildman–Crippen LogP) is 2.65. The SMILES string of the molecule is CN1CC=C(c2ccc(C(=O)N3CCC[C@H]3C(N)=O)c3ccccc23)CC1. The highest BCUT2D eigenvalue weighted by Crippen LogP contribution is 2.32. The Balaban J connectivity index is 1.76. The Hall–Kier alpha value is -2.66. The first kappa shape index (κ1) is 17.7. The maximum atomic E-state index is 13.2. The molecule has 5 nitrogen and oxygen atoms in total. The first-order valence-corrected chi connectivity index (χ1v) is 9.56. The van der Waals surface area contributed by atoms with Crippen LogP contribution in [0.4, 0.5) is 0 Å². The lowest BCUT2D eigenvalue weighted by Crippen LogP contribution is -2.43. The highest BCUT2D eigenvalue weighted by Gasteiger charge is 2.33. The van der Waals surface area contributed by atoms with Crippen LogP contribution in [-0.4, -0.2) is 54.3 Å². The van der Waals surface area contributed by atoms with Gasteiger partial charge in [0.15, 0.2) is 0 Å². The van der Waals surface area contributed by atoms with Crippen LogP contribution < -0.4 is 5.73 Å². The van der Waals surface area contributed by atoms with Crippen LogP contribution in [-0.2, 0) is 4.79 Å². The highest BCUT2D eigenvalue weighted by molar-refractivity contribution is 6.10. The number of fused-ring (bicyclic) bond motifs is 1. The van der Waals surface area contributed by atoms with Crippen LogP contribution in [0.15, 0.2) is 42.5 Å². The third-order valence-corrected chi connectivity index (χ3v) is 5.75. The molecule has 1 fully saturated rings. The molecule has 0 aromatic heterocycles. The van der Waals surface area contributed by atoms with Gasteiger partial charge in [0.05, 0.1) is 0 Å². The van der Waals surface area contributed by atoms with Crippen LogP contribution in [0, 0.1) is 0 Å². The summed E-state index contributed by atoms with van der Waals surface area (Å²) in [5.41, 5.74) is 8.68. The van der Waals surface area contributed by atoms with Crippen molar-refractivity contribution in [3.63, 3.8) is 0 Å². The summed E-state index contributed by atoms with van der Waals surface area (Å²) in [6.07, 6.45) is 4.74. The zero-order valence-corrected chi connectivity index (χ0v) is 15.6. The van der Waals surface area contributed by atoms with Gasteiger partial charge in [0.1, 0.15) is 6.04 Å². The van der Waals surface area contributed by atoms with Gasteiger partial charge in [0.25, 0.3) is 5.91 Å². The molecule has 0 unspecified atom stereocenters. The van der Waals surface area contributed by atoms with Gasteiger partial charge in [-0.15, -0.1) is 0 Å². The van der Waals surface area contributed by atoms with Gasteiger partial charge in [-0.1, -0.05) is 36.4 Å². The summed E-state index contributed by atoms with van der Waals surface area (Å²) in [5, 5.41) is 2.03. The van der Waals surface area contributed by atoms with E-state index in [1.807, 2.05) is 24.3 Å². The van der Waals surface area contributed by atoms with E-state index in [0.717, 1.165) is 36.7 Å². The molecule has 2 N–H and O–H groups in total. The molecule has 140 valence electrons. The molecule has 2 aliphatic heterocycles. The minimum Gasteiger partial charge on any atom is -0.368 e. The van der Waals surface area contributed by atoms with Crippen LogP contribution in [0.5, 0.6) is 0 Å². The molecular formula is C22H25N3O2. The molecule has 0 bridgehead atoms. The summed E-state index contributed by atoms with van der Waals surface area (Å²) >= 11 is 0. The molecule has 2 heterocycles. The van der Waals surface area contributed by atoms with Crippen molar-refractivity contribution in [1.29, 1.82) is 0 Å². The number of carbonyl (C=O) groups excluding carboxylic acids is 2. The molecule has 0 spiro atoms. The second-order valence-electron chi connectivity index (χ2n) is 7.51. The number of benzene rings is 2. The third-order valence-electron chi connectivity index (χ3n) is 5.75. The Morgan fingerprint density at radius 2 is 1.85 bits per heavy atom. The minimum atomic E-state index is -0.493. The number of nitrogens with two attached hydrogens (primary N) is 1. The summed E-state index contributed by atoms with van der Waals surface area (Å²) in [7, 11) is 2.12. The molecule has 2 amide bonds. The summed E-state index contributed by atoms with van der Waals surface area (Å²) in [6, 6.07) is 11.5. The van der Waals surface area contributed by atoms with Crippen molar-refractivity contribution in [2.24, 2.45) is 5.73 Å². The van der Waals surface area contributed by atoms with Crippen LogP contribution >= 0.6 is 0 Å². The van der Waals surface area contributed by atoms with Gasteiger partial charge in [0.2, 0.25) is 5.91 Å². The average Bonchev–Trinajstić information content (AvgIpc) is 3.18. The molecule has 5 heteroatoms. The molecule has 27 heavy (non-hydrogen) atoms. The Labute approximate surface area is 159 Å². The largest absolute Gasteiger partial charge is 0.368 e. The van der Waals surface area contributed by atoms with Crippen molar-refractivity contribution in [3.05, 3.63) is 53.6 Å². The molecule has 0 radical (unpaired) electrons. The number of carbonyl (C=O) groups is 2. The van der Waals surface area contributed by atoms with Gasteiger partial charge in [-0.25, -0.2) is 0 Å². The lowest BCUT2D eigenvalue weighted by molar-refractivity contribution is -0.121. The van der Waals surface area contributed by atoms with Gasteiger partial charge in [-0.05, 0) is 54.3 Å². The number of hydrogen-bond acceptors (Lipinski definition) is 3. The smallest absolute Gasteiger partial charge is 0.255 e. The Morgan fingerprint density at radius 1 is 1.07 bits per heavy atom. The summed E-state index contributed by atoms with van der Waals surface area (Å²) in [4.78, 5) is 28.8. The van der Waals surface area contributed by atoms with Gasteiger partial charge in [-0.2, -0.15) is 0 Å². The molecule has 0 saturated carbocycles. The number of nitrogens with zero attached hydrogens (tertiary/aromatic N) is 2. The lowest BCUT2D eigenvalue weighted by Gasteiger charge is -2.25. The first-order chi connectivity index (χ1) is 13.1. The van der Waals surface area contributed by atoms with E-state index in [2.05, 4.69) is 30.2 Å². The van der Waals surface area contributed by atoms with Crippen molar-refractivity contribution in [2.45, 2.75) is 25.3 Å². The highest BCUT2D eigenvalue weighted by atomic mass is 16.2. The number of amides is 2. The number of primary amides is 1. The van der Waals surface area contributed by atoms with Crippen molar-refractivity contribution < 1.29 is 9.59 Å². The fraction of sp³-hybridized carbons (Fsp3) is 0.364. The maximum Gasteiger partial charge on any atom is 0.255 e. The van der Waals surface area contributed by atoms with E-state index in [0.29, 0.717) is 18.5 Å². The van der Waals surface area contributed by atoms with Crippen LogP contribution in [0.2, 0.25) is 0 Å². The topological polar surface area (TPSA) is 66.6 Å². The van der Waals surface area contributed by atoms with Crippen molar-refractivity contribution in [3.8, 4) is 0 Å². The quantitative estimate of drug-likeness (QED) is 0.912. The van der Waals surface area contributed by atoms with Crippen molar-refractivity contribution in [1.82, 2.24) is 9.80 Å². The molecule has 4 rings (SSSR count). The monoisotopic (exact) mass is 363 g/mol. The normalized spacial score (nSPS) is 20.7. The van der Waals surface area contributed by atoms with E-state index in [-0.39, 0.29) is 5.91 Å². The first-order valence-electron chi connectivity index (χ1n) is 9.56. The van der Waals surface area contributed by atoms with Gasteiger partial charge < -0.3 is 15.5 Å². The molecular weight excluding hydrogens is 338 g/mol. The summed E-state index contributed by atoms with van der Waals surface area (Å²) < 4.78 is 0. The van der Waals surface area contributed by atoms with E-state index in [1.165, 1.54) is 11.1 Å². The van der Waals surface area contributed by atoms with Crippen LogP contribution in [0.25, 0.3) is 16.3 Å². The van der Waals surface area contributed by atoms with Crippen LogP contribution in [0.3, 0.4) is 0 Å². The Kier molecular flexibility index (Phi) is 4.70. The predicted molar refractivity (Wildman–Crippen MR) is 107 cm³/mol. The van der Waals surface area contributed by atoms with Gasteiger partial charge >= 0.3 is 0 Å². The minimum absolute atomic E-state index is 0.101. The van der Waals surface area contributed by atoms with E-state index in [9.17, 15) is 9.59 Å². The molecule has 1 saturated heterocycles. The molecule has 1 atom stereocenters. The fourth-order valence-electron chi connectivity index (χ4n) is 4.24. The Morgan fingerprint density at radius 3 is 2.56 bits per heavy atom. The average molecular weight is 363 g/mol. The number of likely N-dealkylation sites (N-methyl/N-ethyl adjacent to an activating group) is 1. The lowest BCUT2D eigenvalue weighted by atomic mass is 9.91. The second-order valence-corrected chi connectivity index (χ2v) is 7.51.